The minimum Gasteiger partial charge on any atom is -0.495 e. The van der Waals surface area contributed by atoms with Crippen LogP contribution in [-0.2, 0) is 0 Å². The lowest BCUT2D eigenvalue weighted by atomic mass is 10.1. The van der Waals surface area contributed by atoms with E-state index in [1.807, 2.05) is 12.1 Å². The number of nitrogens with zero attached hydrogens (tertiary/aromatic N) is 2. The first-order valence-electron chi connectivity index (χ1n) is 9.30. The van der Waals surface area contributed by atoms with Gasteiger partial charge in [0.25, 0.3) is 5.91 Å². The van der Waals surface area contributed by atoms with Gasteiger partial charge in [-0.05, 0) is 42.5 Å². The van der Waals surface area contributed by atoms with Gasteiger partial charge in [0.05, 0.1) is 24.9 Å². The van der Waals surface area contributed by atoms with Gasteiger partial charge in [0.2, 0.25) is 5.55 Å². The molecular formula is C23H18ClN3O4. The molecule has 0 atom stereocenters. The van der Waals surface area contributed by atoms with Crippen molar-refractivity contribution in [2.75, 3.05) is 19.5 Å². The normalized spacial score (nSPS) is 11.4. The third kappa shape index (κ3) is 4.36. The number of amides is 1. The fourth-order valence-electron chi connectivity index (χ4n) is 2.99. The summed E-state index contributed by atoms with van der Waals surface area (Å²) in [4.78, 5) is 21.7. The number of halogens is 1. The Balaban J connectivity index is 1.89. The first-order chi connectivity index (χ1) is 15.1. The fraction of sp³-hybridized carbons (Fsp3) is 0.0870. The Morgan fingerprint density at radius 2 is 1.87 bits per heavy atom. The quantitative estimate of drug-likeness (QED) is 0.477. The topological polar surface area (TPSA) is 86.0 Å². The predicted molar refractivity (Wildman–Crippen MR) is 118 cm³/mol. The molecule has 4 rings (SSSR count). The molecule has 0 spiro atoms. The minimum atomic E-state index is -0.412. The molecule has 1 amide bonds. The molecule has 0 saturated heterocycles. The highest BCUT2D eigenvalue weighted by atomic mass is 35.5. The van der Waals surface area contributed by atoms with Crippen LogP contribution in [0, 0.1) is 0 Å². The third-order valence-electron chi connectivity index (χ3n) is 4.48. The number of carbonyl (C=O) groups excluding carboxylic acids is 1. The summed E-state index contributed by atoms with van der Waals surface area (Å²) in [6.07, 6.45) is 1.59. The second-order valence-electron chi connectivity index (χ2n) is 6.44. The molecule has 0 aliphatic heterocycles. The molecule has 0 radical (unpaired) electrons. The highest BCUT2D eigenvalue weighted by Gasteiger charge is 2.15. The lowest BCUT2D eigenvalue weighted by molar-refractivity contribution is 0.102. The second kappa shape index (κ2) is 8.89. The van der Waals surface area contributed by atoms with Crippen LogP contribution in [0.4, 0.5) is 11.5 Å². The lowest BCUT2D eigenvalue weighted by Crippen LogP contribution is -2.22. The zero-order valence-corrected chi connectivity index (χ0v) is 17.5. The van der Waals surface area contributed by atoms with Gasteiger partial charge in [-0.25, -0.2) is 9.98 Å². The van der Waals surface area contributed by atoms with E-state index in [1.54, 1.807) is 61.8 Å². The molecule has 31 heavy (non-hydrogen) atoms. The van der Waals surface area contributed by atoms with Crippen molar-refractivity contribution in [3.8, 4) is 11.5 Å². The van der Waals surface area contributed by atoms with Crippen LogP contribution in [0.2, 0.25) is 5.02 Å². The first-order valence-corrected chi connectivity index (χ1v) is 9.68. The van der Waals surface area contributed by atoms with Crippen molar-refractivity contribution in [3.05, 3.63) is 83.0 Å². The number of para-hydroxylation sites is 1. The SMILES string of the molecule is COc1ccc(N=c2oc3c(OC)cccc3cc2C(=O)Nc2ccccn2)cc1Cl. The van der Waals surface area contributed by atoms with Crippen LogP contribution in [0.3, 0.4) is 0 Å². The lowest BCUT2D eigenvalue weighted by Gasteiger charge is -2.09. The fourth-order valence-corrected chi connectivity index (χ4v) is 3.25. The number of fused-ring (bicyclic) bond motifs is 1. The van der Waals surface area contributed by atoms with Crippen LogP contribution in [0.25, 0.3) is 11.0 Å². The molecule has 0 unspecified atom stereocenters. The smallest absolute Gasteiger partial charge is 0.262 e. The molecular weight excluding hydrogens is 418 g/mol. The van der Waals surface area contributed by atoms with E-state index in [2.05, 4.69) is 15.3 Å². The Morgan fingerprint density at radius 1 is 1.03 bits per heavy atom. The summed E-state index contributed by atoms with van der Waals surface area (Å²) in [5.41, 5.74) is 1.30. The molecule has 0 saturated carbocycles. The Morgan fingerprint density at radius 3 is 2.58 bits per heavy atom. The van der Waals surface area contributed by atoms with Gasteiger partial charge in [0, 0.05) is 11.6 Å². The summed E-state index contributed by atoms with van der Waals surface area (Å²) in [6.45, 7) is 0. The van der Waals surface area contributed by atoms with Crippen molar-refractivity contribution >= 4 is 40.0 Å². The molecule has 8 heteroatoms. The maximum atomic E-state index is 13.0. The number of hydrogen-bond donors (Lipinski definition) is 1. The average Bonchev–Trinajstić information content (AvgIpc) is 2.79. The van der Waals surface area contributed by atoms with E-state index in [9.17, 15) is 4.79 Å². The molecule has 4 aromatic rings. The van der Waals surface area contributed by atoms with Gasteiger partial charge in [-0.3, -0.25) is 4.79 Å². The molecule has 2 heterocycles. The number of carbonyl (C=O) groups is 1. The molecule has 0 fully saturated rings. The van der Waals surface area contributed by atoms with E-state index in [1.165, 1.54) is 7.11 Å². The van der Waals surface area contributed by atoms with Crippen molar-refractivity contribution in [2.45, 2.75) is 0 Å². The van der Waals surface area contributed by atoms with Gasteiger partial charge in [-0.15, -0.1) is 0 Å². The van der Waals surface area contributed by atoms with Crippen molar-refractivity contribution in [2.24, 2.45) is 4.99 Å². The number of nitrogens with one attached hydrogen (secondary N) is 1. The number of ether oxygens (including phenoxy) is 2. The largest absolute Gasteiger partial charge is 0.495 e. The van der Waals surface area contributed by atoms with Crippen LogP contribution < -0.4 is 20.3 Å². The predicted octanol–water partition coefficient (Wildman–Crippen LogP) is 4.98. The highest BCUT2D eigenvalue weighted by molar-refractivity contribution is 6.32. The van der Waals surface area contributed by atoms with Gasteiger partial charge in [0.15, 0.2) is 11.3 Å². The molecule has 156 valence electrons. The Labute approximate surface area is 182 Å². The van der Waals surface area contributed by atoms with Gasteiger partial charge in [-0.2, -0.15) is 0 Å². The van der Waals surface area contributed by atoms with Gasteiger partial charge >= 0.3 is 0 Å². The highest BCUT2D eigenvalue weighted by Crippen LogP contribution is 2.29. The Bertz CT molecular complexity index is 1320. The van der Waals surface area contributed by atoms with E-state index in [4.69, 9.17) is 25.5 Å². The van der Waals surface area contributed by atoms with E-state index >= 15 is 0 Å². The standard InChI is InChI=1S/C23H18ClN3O4/c1-29-18-10-9-15(13-17(18)24)26-23-16(22(28)27-20-8-3-4-11-25-20)12-14-6-5-7-19(30-2)21(14)31-23/h3-13H,1-2H3,(H,25,27,28). The van der Waals surface area contributed by atoms with Crippen molar-refractivity contribution < 1.29 is 18.7 Å². The number of hydrogen-bond acceptors (Lipinski definition) is 6. The van der Waals surface area contributed by atoms with Crippen LogP contribution in [0.5, 0.6) is 11.5 Å². The molecule has 0 aliphatic carbocycles. The summed E-state index contributed by atoms with van der Waals surface area (Å²) in [6, 6.07) is 17.4. The van der Waals surface area contributed by atoms with Crippen molar-refractivity contribution in [1.82, 2.24) is 4.98 Å². The Kier molecular flexibility index (Phi) is 5.86. The summed E-state index contributed by atoms with van der Waals surface area (Å²) < 4.78 is 16.6. The molecule has 0 bridgehead atoms. The average molecular weight is 436 g/mol. The van der Waals surface area contributed by atoms with E-state index in [0.29, 0.717) is 39.0 Å². The number of anilines is 1. The Hall–Kier alpha value is -3.84. The van der Waals surface area contributed by atoms with Crippen molar-refractivity contribution in [3.63, 3.8) is 0 Å². The second-order valence-corrected chi connectivity index (χ2v) is 6.85. The van der Waals surface area contributed by atoms with E-state index < -0.39 is 5.91 Å². The van der Waals surface area contributed by atoms with Crippen LogP contribution in [0.15, 0.2) is 76.3 Å². The molecule has 2 aromatic carbocycles. The van der Waals surface area contributed by atoms with E-state index in [-0.39, 0.29) is 11.1 Å². The summed E-state index contributed by atoms with van der Waals surface area (Å²) in [5.74, 6) is 1.05. The molecule has 2 aromatic heterocycles. The zero-order valence-electron chi connectivity index (χ0n) is 16.8. The number of benzene rings is 2. The van der Waals surface area contributed by atoms with Gasteiger partial charge < -0.3 is 19.2 Å². The third-order valence-corrected chi connectivity index (χ3v) is 4.77. The summed E-state index contributed by atoms with van der Waals surface area (Å²) in [7, 11) is 3.08. The summed E-state index contributed by atoms with van der Waals surface area (Å²) >= 11 is 6.22. The molecule has 0 aliphatic rings. The maximum Gasteiger partial charge on any atom is 0.262 e. The number of pyridine rings is 1. The number of aromatic nitrogens is 1. The molecule has 7 nitrogen and oxygen atoms in total. The van der Waals surface area contributed by atoms with E-state index in [0.717, 1.165) is 0 Å². The van der Waals surface area contributed by atoms with Crippen LogP contribution in [0.1, 0.15) is 10.4 Å². The zero-order chi connectivity index (χ0) is 21.8. The molecule has 1 N–H and O–H groups in total. The van der Waals surface area contributed by atoms with Crippen LogP contribution in [-0.4, -0.2) is 25.1 Å². The number of methoxy groups -OCH3 is 2. The maximum absolute atomic E-state index is 13.0. The first kappa shape index (κ1) is 20.4. The minimum absolute atomic E-state index is 0.103. The monoisotopic (exact) mass is 435 g/mol. The number of rotatable bonds is 5. The van der Waals surface area contributed by atoms with Gasteiger partial charge in [-0.1, -0.05) is 29.8 Å². The van der Waals surface area contributed by atoms with Gasteiger partial charge in [0.1, 0.15) is 17.1 Å². The van der Waals surface area contributed by atoms with Crippen LogP contribution >= 0.6 is 11.6 Å². The summed E-state index contributed by atoms with van der Waals surface area (Å²) in [5, 5.41) is 3.84. The van der Waals surface area contributed by atoms with Crippen molar-refractivity contribution in [1.29, 1.82) is 0 Å².